The van der Waals surface area contributed by atoms with Gasteiger partial charge in [0.15, 0.2) is 0 Å². The minimum atomic E-state index is -0.768. The van der Waals surface area contributed by atoms with Gasteiger partial charge in [0.25, 0.3) is 11.7 Å². The van der Waals surface area contributed by atoms with E-state index < -0.39 is 23.5 Å². The molecule has 1 aliphatic heterocycles. The Morgan fingerprint density at radius 3 is 2.41 bits per heavy atom. The zero-order valence-electron chi connectivity index (χ0n) is 18.7. The fourth-order valence-corrected chi connectivity index (χ4v) is 3.95. The van der Waals surface area contributed by atoms with Crippen molar-refractivity contribution in [1.82, 2.24) is 9.80 Å². The highest BCUT2D eigenvalue weighted by Gasteiger charge is 2.46. The van der Waals surface area contributed by atoms with Crippen LogP contribution in [0, 0.1) is 5.82 Å². The van der Waals surface area contributed by atoms with Gasteiger partial charge in [0.2, 0.25) is 0 Å². The van der Waals surface area contributed by atoms with Gasteiger partial charge in [-0.3, -0.25) is 9.59 Å². The quantitative estimate of drug-likeness (QED) is 0.363. The smallest absolute Gasteiger partial charge is 0.295 e. The van der Waals surface area contributed by atoms with Crippen molar-refractivity contribution >= 4 is 17.4 Å². The summed E-state index contributed by atoms with van der Waals surface area (Å²) in [6, 6.07) is 11.6. The van der Waals surface area contributed by atoms with Crippen LogP contribution in [0.2, 0.25) is 0 Å². The Morgan fingerprint density at radius 2 is 1.78 bits per heavy atom. The molecule has 1 aliphatic rings. The van der Waals surface area contributed by atoms with Gasteiger partial charge < -0.3 is 19.6 Å². The van der Waals surface area contributed by atoms with E-state index in [-0.39, 0.29) is 16.9 Å². The first-order valence-electron chi connectivity index (χ1n) is 10.9. The number of hydrogen-bond donors (Lipinski definition) is 1. The van der Waals surface area contributed by atoms with Crippen molar-refractivity contribution in [3.05, 3.63) is 71.0 Å². The molecule has 1 atom stereocenters. The number of aliphatic hydroxyl groups excluding tert-OH is 1. The number of nitrogens with zero attached hydrogens (tertiary/aromatic N) is 2. The SMILES string of the molecule is CCOc1cccc(C2C(=C(O)c3ccc(F)cc3)C(=O)C(=O)N2CCN(CC)CC)c1. The van der Waals surface area contributed by atoms with E-state index in [2.05, 4.69) is 4.90 Å². The molecule has 1 amide bonds. The Kier molecular flexibility index (Phi) is 7.64. The van der Waals surface area contributed by atoms with Crippen molar-refractivity contribution in [2.45, 2.75) is 26.8 Å². The number of carbonyl (C=O) groups excluding carboxylic acids is 2. The zero-order valence-corrected chi connectivity index (χ0v) is 18.7. The molecule has 1 N–H and O–H groups in total. The monoisotopic (exact) mass is 440 g/mol. The number of rotatable bonds is 9. The topological polar surface area (TPSA) is 70.1 Å². The second-order valence-corrected chi connectivity index (χ2v) is 7.53. The van der Waals surface area contributed by atoms with Crippen LogP contribution in [0.4, 0.5) is 4.39 Å². The predicted molar refractivity (Wildman–Crippen MR) is 121 cm³/mol. The van der Waals surface area contributed by atoms with Crippen molar-refractivity contribution < 1.29 is 23.8 Å². The lowest BCUT2D eigenvalue weighted by molar-refractivity contribution is -0.140. The van der Waals surface area contributed by atoms with Gasteiger partial charge in [-0.2, -0.15) is 0 Å². The summed E-state index contributed by atoms with van der Waals surface area (Å²) in [6.07, 6.45) is 0. The number of halogens is 1. The Balaban J connectivity index is 2.10. The molecular formula is C25H29FN2O4. The van der Waals surface area contributed by atoms with Crippen molar-refractivity contribution in [2.75, 3.05) is 32.8 Å². The lowest BCUT2D eigenvalue weighted by Gasteiger charge is -2.28. The maximum Gasteiger partial charge on any atom is 0.295 e. The summed E-state index contributed by atoms with van der Waals surface area (Å²) in [5, 5.41) is 11.0. The molecule has 32 heavy (non-hydrogen) atoms. The van der Waals surface area contributed by atoms with E-state index >= 15 is 0 Å². The Morgan fingerprint density at radius 1 is 1.09 bits per heavy atom. The molecule has 2 aromatic rings. The maximum absolute atomic E-state index is 13.4. The third-order valence-electron chi connectivity index (χ3n) is 5.69. The average Bonchev–Trinajstić information content (AvgIpc) is 3.05. The lowest BCUT2D eigenvalue weighted by atomic mass is 9.95. The Bertz CT molecular complexity index is 999. The third-order valence-corrected chi connectivity index (χ3v) is 5.69. The van der Waals surface area contributed by atoms with Crippen LogP contribution in [0.15, 0.2) is 54.1 Å². The molecular weight excluding hydrogens is 411 g/mol. The van der Waals surface area contributed by atoms with Crippen molar-refractivity contribution in [3.63, 3.8) is 0 Å². The van der Waals surface area contributed by atoms with Gasteiger partial charge in [-0.15, -0.1) is 0 Å². The second-order valence-electron chi connectivity index (χ2n) is 7.53. The molecule has 0 saturated carbocycles. The predicted octanol–water partition coefficient (Wildman–Crippen LogP) is 3.99. The second kappa shape index (κ2) is 10.4. The minimum Gasteiger partial charge on any atom is -0.507 e. The number of likely N-dealkylation sites (N-methyl/N-ethyl adjacent to an activating group) is 1. The number of ketones is 1. The summed E-state index contributed by atoms with van der Waals surface area (Å²) >= 11 is 0. The number of likely N-dealkylation sites (tertiary alicyclic amines) is 1. The summed E-state index contributed by atoms with van der Waals surface area (Å²) in [6.45, 7) is 8.98. The molecule has 1 unspecified atom stereocenters. The van der Waals surface area contributed by atoms with Crippen LogP contribution in [0.1, 0.15) is 37.9 Å². The van der Waals surface area contributed by atoms with Gasteiger partial charge in [0, 0.05) is 18.7 Å². The van der Waals surface area contributed by atoms with Crippen LogP contribution in [0.5, 0.6) is 5.75 Å². The first-order valence-corrected chi connectivity index (χ1v) is 10.9. The molecule has 0 radical (unpaired) electrons. The van der Waals surface area contributed by atoms with Gasteiger partial charge in [-0.1, -0.05) is 26.0 Å². The van der Waals surface area contributed by atoms with E-state index in [1.165, 1.54) is 29.2 Å². The fraction of sp³-hybridized carbons (Fsp3) is 0.360. The molecule has 1 fully saturated rings. The summed E-state index contributed by atoms with van der Waals surface area (Å²) < 4.78 is 19.0. The largest absolute Gasteiger partial charge is 0.507 e. The number of aliphatic hydroxyl groups is 1. The van der Waals surface area contributed by atoms with Crippen molar-refractivity contribution in [2.24, 2.45) is 0 Å². The molecule has 170 valence electrons. The third kappa shape index (κ3) is 4.83. The fourth-order valence-electron chi connectivity index (χ4n) is 3.95. The highest BCUT2D eigenvalue weighted by atomic mass is 19.1. The van der Waals surface area contributed by atoms with Crippen LogP contribution in [-0.2, 0) is 9.59 Å². The summed E-state index contributed by atoms with van der Waals surface area (Å²) in [5.41, 5.74) is 0.937. The highest BCUT2D eigenvalue weighted by molar-refractivity contribution is 6.46. The van der Waals surface area contributed by atoms with Gasteiger partial charge in [-0.25, -0.2) is 4.39 Å². The maximum atomic E-state index is 13.4. The Hall–Kier alpha value is -3.19. The zero-order chi connectivity index (χ0) is 23.3. The van der Waals surface area contributed by atoms with Crippen molar-refractivity contribution in [1.29, 1.82) is 0 Å². The first-order chi connectivity index (χ1) is 15.4. The van der Waals surface area contributed by atoms with Crippen LogP contribution < -0.4 is 4.74 Å². The molecule has 0 bridgehead atoms. The molecule has 7 heteroatoms. The van der Waals surface area contributed by atoms with Crippen LogP contribution in [0.3, 0.4) is 0 Å². The normalized spacial score (nSPS) is 17.9. The molecule has 0 spiro atoms. The lowest BCUT2D eigenvalue weighted by Crippen LogP contribution is -2.38. The number of hydrogen-bond acceptors (Lipinski definition) is 5. The summed E-state index contributed by atoms with van der Waals surface area (Å²) in [4.78, 5) is 29.7. The van der Waals surface area contributed by atoms with E-state index in [4.69, 9.17) is 4.74 Å². The first kappa shape index (κ1) is 23.5. The van der Waals surface area contributed by atoms with Gasteiger partial charge >= 0.3 is 0 Å². The minimum absolute atomic E-state index is 0.00481. The van der Waals surface area contributed by atoms with E-state index in [0.717, 1.165) is 13.1 Å². The van der Waals surface area contributed by atoms with Crippen LogP contribution in [0.25, 0.3) is 5.76 Å². The van der Waals surface area contributed by atoms with E-state index in [1.807, 2.05) is 20.8 Å². The molecule has 6 nitrogen and oxygen atoms in total. The van der Waals surface area contributed by atoms with E-state index in [1.54, 1.807) is 24.3 Å². The molecule has 0 aromatic heterocycles. The Labute approximate surface area is 187 Å². The number of carbonyl (C=O) groups is 2. The molecule has 2 aromatic carbocycles. The molecule has 1 heterocycles. The number of Topliss-reactive ketones (excluding diaryl/α,β-unsaturated/α-hetero) is 1. The molecule has 0 aliphatic carbocycles. The molecule has 1 saturated heterocycles. The van der Waals surface area contributed by atoms with Crippen LogP contribution >= 0.6 is 0 Å². The van der Waals surface area contributed by atoms with Crippen molar-refractivity contribution in [3.8, 4) is 5.75 Å². The average molecular weight is 441 g/mol. The standard InChI is InChI=1S/C25H29FN2O4/c1-4-27(5-2)14-15-28-22(18-8-7-9-20(16-18)32-6-3)21(24(30)25(28)31)23(29)17-10-12-19(26)13-11-17/h7-13,16,22,29H,4-6,14-15H2,1-3H3. The molecule has 3 rings (SSSR count). The highest BCUT2D eigenvalue weighted by Crippen LogP contribution is 2.40. The number of benzene rings is 2. The van der Waals surface area contributed by atoms with Gasteiger partial charge in [0.1, 0.15) is 17.3 Å². The number of amides is 1. The summed E-state index contributed by atoms with van der Waals surface area (Å²) in [7, 11) is 0. The van der Waals surface area contributed by atoms with Gasteiger partial charge in [-0.05, 0) is 62.0 Å². The van der Waals surface area contributed by atoms with Crippen LogP contribution in [-0.4, -0.2) is 59.4 Å². The number of ether oxygens (including phenoxy) is 1. The van der Waals surface area contributed by atoms with E-state index in [0.29, 0.717) is 31.0 Å². The van der Waals surface area contributed by atoms with Gasteiger partial charge in [0.05, 0.1) is 18.2 Å². The summed E-state index contributed by atoms with van der Waals surface area (Å²) in [5.74, 6) is -1.57. The van der Waals surface area contributed by atoms with E-state index in [9.17, 15) is 19.1 Å².